The van der Waals surface area contributed by atoms with Gasteiger partial charge < -0.3 is 15.1 Å². The molecule has 18 heavy (non-hydrogen) atoms. The van der Waals surface area contributed by atoms with Gasteiger partial charge in [0.1, 0.15) is 5.76 Å². The minimum absolute atomic E-state index is 0.167. The molecule has 1 aliphatic heterocycles. The molecule has 1 aromatic heterocycles. The van der Waals surface area contributed by atoms with Gasteiger partial charge in [-0.2, -0.15) is 0 Å². The number of carbonyl (C=O) groups is 1. The van der Waals surface area contributed by atoms with Crippen molar-refractivity contribution in [1.82, 2.24) is 10.6 Å². The van der Waals surface area contributed by atoms with Crippen molar-refractivity contribution in [3.05, 3.63) is 24.2 Å². The normalized spacial score (nSPS) is 16.7. The van der Waals surface area contributed by atoms with Crippen LogP contribution in [0.1, 0.15) is 31.4 Å². The van der Waals surface area contributed by atoms with Crippen LogP contribution in [0.25, 0.3) is 0 Å². The van der Waals surface area contributed by atoms with Gasteiger partial charge in [0, 0.05) is 19.4 Å². The SMILES string of the molecule is O=C(CCC1CCNCC1)NCCc1ccco1. The highest BCUT2D eigenvalue weighted by Crippen LogP contribution is 2.17. The fourth-order valence-corrected chi connectivity index (χ4v) is 2.37. The predicted octanol–water partition coefficient (Wildman–Crippen LogP) is 1.72. The second-order valence-electron chi connectivity index (χ2n) is 4.91. The molecule has 0 radical (unpaired) electrons. The minimum Gasteiger partial charge on any atom is -0.469 e. The Morgan fingerprint density at radius 1 is 1.44 bits per heavy atom. The molecule has 0 bridgehead atoms. The van der Waals surface area contributed by atoms with Crippen molar-refractivity contribution in [1.29, 1.82) is 0 Å². The fraction of sp³-hybridized carbons (Fsp3) is 0.643. The summed E-state index contributed by atoms with van der Waals surface area (Å²) >= 11 is 0. The number of carbonyl (C=O) groups excluding carboxylic acids is 1. The lowest BCUT2D eigenvalue weighted by Gasteiger charge is -2.22. The lowest BCUT2D eigenvalue weighted by molar-refractivity contribution is -0.121. The van der Waals surface area contributed by atoms with Crippen LogP contribution in [0.5, 0.6) is 0 Å². The molecule has 4 heteroatoms. The third kappa shape index (κ3) is 4.53. The zero-order chi connectivity index (χ0) is 12.6. The molecule has 4 nitrogen and oxygen atoms in total. The highest BCUT2D eigenvalue weighted by molar-refractivity contribution is 5.75. The Morgan fingerprint density at radius 2 is 2.28 bits per heavy atom. The van der Waals surface area contributed by atoms with E-state index in [9.17, 15) is 4.79 Å². The average molecular weight is 250 g/mol. The molecule has 1 aromatic rings. The minimum atomic E-state index is 0.167. The molecule has 0 saturated carbocycles. The summed E-state index contributed by atoms with van der Waals surface area (Å²) < 4.78 is 5.21. The largest absolute Gasteiger partial charge is 0.469 e. The van der Waals surface area contributed by atoms with Crippen LogP contribution in [0.15, 0.2) is 22.8 Å². The standard InChI is InChI=1S/C14H22N2O2/c17-14(4-3-12-5-8-15-9-6-12)16-10-7-13-2-1-11-18-13/h1-2,11-12,15H,3-10H2,(H,16,17). The van der Waals surface area contributed by atoms with Gasteiger partial charge in [-0.3, -0.25) is 4.79 Å². The first-order valence-electron chi connectivity index (χ1n) is 6.84. The summed E-state index contributed by atoms with van der Waals surface area (Å²) in [7, 11) is 0. The molecule has 2 N–H and O–H groups in total. The average Bonchev–Trinajstić information content (AvgIpc) is 2.91. The predicted molar refractivity (Wildman–Crippen MR) is 70.2 cm³/mol. The molecule has 100 valence electrons. The van der Waals surface area contributed by atoms with Gasteiger partial charge in [0.25, 0.3) is 0 Å². The Balaban J connectivity index is 1.54. The summed E-state index contributed by atoms with van der Waals surface area (Å²) in [6.07, 6.45) is 6.52. The van der Waals surface area contributed by atoms with Gasteiger partial charge in [-0.15, -0.1) is 0 Å². The Morgan fingerprint density at radius 3 is 3.00 bits per heavy atom. The van der Waals surface area contributed by atoms with Gasteiger partial charge in [0.2, 0.25) is 5.91 Å². The van der Waals surface area contributed by atoms with E-state index in [0.717, 1.165) is 37.6 Å². The summed E-state index contributed by atoms with van der Waals surface area (Å²) in [5, 5.41) is 6.29. The summed E-state index contributed by atoms with van der Waals surface area (Å²) in [6.45, 7) is 2.87. The number of piperidine rings is 1. The fourth-order valence-electron chi connectivity index (χ4n) is 2.37. The van der Waals surface area contributed by atoms with Crippen LogP contribution in [0.3, 0.4) is 0 Å². The van der Waals surface area contributed by atoms with Crippen molar-refractivity contribution in [2.24, 2.45) is 5.92 Å². The molecule has 1 aliphatic rings. The Bertz CT molecular complexity index is 343. The van der Waals surface area contributed by atoms with Crippen LogP contribution in [-0.4, -0.2) is 25.5 Å². The topological polar surface area (TPSA) is 54.3 Å². The van der Waals surface area contributed by atoms with E-state index in [4.69, 9.17) is 4.42 Å². The lowest BCUT2D eigenvalue weighted by atomic mass is 9.93. The van der Waals surface area contributed by atoms with Gasteiger partial charge in [-0.05, 0) is 50.4 Å². The maximum Gasteiger partial charge on any atom is 0.220 e. The van der Waals surface area contributed by atoms with E-state index >= 15 is 0 Å². The Labute approximate surface area is 108 Å². The first-order chi connectivity index (χ1) is 8.84. The van der Waals surface area contributed by atoms with Crippen LogP contribution >= 0.6 is 0 Å². The van der Waals surface area contributed by atoms with E-state index in [1.54, 1.807) is 6.26 Å². The number of amides is 1. The monoisotopic (exact) mass is 250 g/mol. The van der Waals surface area contributed by atoms with Gasteiger partial charge >= 0.3 is 0 Å². The third-order valence-corrected chi connectivity index (χ3v) is 3.51. The van der Waals surface area contributed by atoms with Gasteiger partial charge in [0.15, 0.2) is 0 Å². The van der Waals surface area contributed by atoms with Crippen molar-refractivity contribution < 1.29 is 9.21 Å². The highest BCUT2D eigenvalue weighted by atomic mass is 16.3. The van der Waals surface area contributed by atoms with Crippen LogP contribution in [0, 0.1) is 5.92 Å². The first-order valence-corrected chi connectivity index (χ1v) is 6.84. The molecule has 0 aromatic carbocycles. The second kappa shape index (κ2) is 7.21. The summed E-state index contributed by atoms with van der Waals surface area (Å²) in [5.74, 6) is 1.82. The van der Waals surface area contributed by atoms with Crippen LogP contribution < -0.4 is 10.6 Å². The van der Waals surface area contributed by atoms with E-state index in [1.165, 1.54) is 12.8 Å². The van der Waals surface area contributed by atoms with Crippen LogP contribution in [0.4, 0.5) is 0 Å². The van der Waals surface area contributed by atoms with E-state index in [1.807, 2.05) is 12.1 Å². The quantitative estimate of drug-likeness (QED) is 0.808. The molecule has 2 heterocycles. The highest BCUT2D eigenvalue weighted by Gasteiger charge is 2.14. The molecule has 0 spiro atoms. The van der Waals surface area contributed by atoms with Crippen molar-refractivity contribution in [3.8, 4) is 0 Å². The summed E-state index contributed by atoms with van der Waals surface area (Å²) in [6, 6.07) is 3.80. The van der Waals surface area contributed by atoms with E-state index < -0.39 is 0 Å². The first kappa shape index (κ1) is 13.1. The maximum absolute atomic E-state index is 11.7. The van der Waals surface area contributed by atoms with Gasteiger partial charge in [-0.25, -0.2) is 0 Å². The number of furan rings is 1. The number of hydrogen-bond acceptors (Lipinski definition) is 3. The van der Waals surface area contributed by atoms with E-state index in [2.05, 4.69) is 10.6 Å². The smallest absolute Gasteiger partial charge is 0.220 e. The van der Waals surface area contributed by atoms with E-state index in [0.29, 0.717) is 13.0 Å². The molecular formula is C14H22N2O2. The molecule has 1 saturated heterocycles. The molecule has 1 amide bonds. The Hall–Kier alpha value is -1.29. The summed E-state index contributed by atoms with van der Waals surface area (Å²) in [5.41, 5.74) is 0. The van der Waals surface area contributed by atoms with Crippen molar-refractivity contribution in [2.45, 2.75) is 32.1 Å². The molecule has 0 atom stereocenters. The number of nitrogens with one attached hydrogen (secondary N) is 2. The zero-order valence-corrected chi connectivity index (χ0v) is 10.8. The third-order valence-electron chi connectivity index (χ3n) is 3.51. The lowest BCUT2D eigenvalue weighted by Crippen LogP contribution is -2.30. The van der Waals surface area contributed by atoms with Crippen molar-refractivity contribution >= 4 is 5.91 Å². The molecule has 0 unspecified atom stereocenters. The zero-order valence-electron chi connectivity index (χ0n) is 10.8. The maximum atomic E-state index is 11.7. The molecule has 0 aliphatic carbocycles. The molecule has 2 rings (SSSR count). The van der Waals surface area contributed by atoms with Crippen LogP contribution in [-0.2, 0) is 11.2 Å². The van der Waals surface area contributed by atoms with Gasteiger partial charge in [0.05, 0.1) is 6.26 Å². The molecule has 1 fully saturated rings. The molecular weight excluding hydrogens is 228 g/mol. The van der Waals surface area contributed by atoms with Crippen molar-refractivity contribution in [3.63, 3.8) is 0 Å². The van der Waals surface area contributed by atoms with E-state index in [-0.39, 0.29) is 5.91 Å². The number of hydrogen-bond donors (Lipinski definition) is 2. The van der Waals surface area contributed by atoms with Gasteiger partial charge in [-0.1, -0.05) is 0 Å². The number of rotatable bonds is 6. The Kier molecular flexibility index (Phi) is 5.27. The van der Waals surface area contributed by atoms with Crippen molar-refractivity contribution in [2.75, 3.05) is 19.6 Å². The second-order valence-corrected chi connectivity index (χ2v) is 4.91. The summed E-state index contributed by atoms with van der Waals surface area (Å²) in [4.78, 5) is 11.7. The van der Waals surface area contributed by atoms with Crippen LogP contribution in [0.2, 0.25) is 0 Å².